The SMILES string of the molecule is CC(S)(CC1CCC1)c1ccccc1.CC1=CCC=CC=C1C(C)c1ccccc1C(C)C. The van der Waals surface area contributed by atoms with Crippen LogP contribution in [0, 0.1) is 5.92 Å². The van der Waals surface area contributed by atoms with Crippen LogP contribution in [0.15, 0.2) is 90.0 Å². The maximum Gasteiger partial charge on any atom is 0.0352 e. The van der Waals surface area contributed by atoms with Gasteiger partial charge in [0.2, 0.25) is 0 Å². The van der Waals surface area contributed by atoms with Crippen LogP contribution >= 0.6 is 12.6 Å². The average molecular weight is 459 g/mol. The zero-order chi connectivity index (χ0) is 23.8. The Bertz CT molecular complexity index is 971. The molecule has 2 aliphatic rings. The molecule has 0 aliphatic heterocycles. The molecular weight excluding hydrogens is 416 g/mol. The van der Waals surface area contributed by atoms with E-state index in [2.05, 4.69) is 114 Å². The van der Waals surface area contributed by atoms with Crippen molar-refractivity contribution in [2.75, 3.05) is 0 Å². The molecule has 0 nitrogen and oxygen atoms in total. The first-order chi connectivity index (χ1) is 15.8. The fourth-order valence-electron chi connectivity index (χ4n) is 5.00. The monoisotopic (exact) mass is 458 g/mol. The van der Waals surface area contributed by atoms with Gasteiger partial charge in [-0.05, 0) is 60.8 Å². The van der Waals surface area contributed by atoms with Gasteiger partial charge < -0.3 is 0 Å². The van der Waals surface area contributed by atoms with E-state index in [1.54, 1.807) is 0 Å². The van der Waals surface area contributed by atoms with Crippen LogP contribution in [0.3, 0.4) is 0 Å². The van der Waals surface area contributed by atoms with E-state index in [4.69, 9.17) is 12.6 Å². The van der Waals surface area contributed by atoms with E-state index < -0.39 is 0 Å². The smallest absolute Gasteiger partial charge is 0.0352 e. The summed E-state index contributed by atoms with van der Waals surface area (Å²) in [5.41, 5.74) is 7.15. The highest BCUT2D eigenvalue weighted by atomic mass is 32.1. The number of hydrogen-bond acceptors (Lipinski definition) is 1. The van der Waals surface area contributed by atoms with Crippen molar-refractivity contribution in [1.82, 2.24) is 0 Å². The van der Waals surface area contributed by atoms with Crippen molar-refractivity contribution in [2.24, 2.45) is 5.92 Å². The van der Waals surface area contributed by atoms with E-state index in [-0.39, 0.29) is 4.75 Å². The molecule has 33 heavy (non-hydrogen) atoms. The Balaban J connectivity index is 0.000000194. The zero-order valence-corrected chi connectivity index (χ0v) is 22.1. The van der Waals surface area contributed by atoms with Crippen molar-refractivity contribution in [1.29, 1.82) is 0 Å². The Kier molecular flexibility index (Phi) is 9.27. The van der Waals surface area contributed by atoms with Crippen LogP contribution in [0.1, 0.15) is 95.2 Å². The van der Waals surface area contributed by atoms with Crippen molar-refractivity contribution in [3.8, 4) is 0 Å². The zero-order valence-electron chi connectivity index (χ0n) is 21.2. The lowest BCUT2D eigenvalue weighted by Crippen LogP contribution is -2.23. The number of benzene rings is 2. The summed E-state index contributed by atoms with van der Waals surface area (Å²) in [4.78, 5) is 0. The molecular formula is C32H42S. The third kappa shape index (κ3) is 7.00. The van der Waals surface area contributed by atoms with Gasteiger partial charge in [-0.25, -0.2) is 0 Å². The number of rotatable bonds is 6. The van der Waals surface area contributed by atoms with Gasteiger partial charge in [0.25, 0.3) is 0 Å². The van der Waals surface area contributed by atoms with Gasteiger partial charge in [-0.2, -0.15) is 12.6 Å². The van der Waals surface area contributed by atoms with Crippen molar-refractivity contribution >= 4 is 12.6 Å². The fraction of sp³-hybridized carbons (Fsp3) is 0.438. The first kappa shape index (κ1) is 25.6. The second-order valence-electron chi connectivity index (χ2n) is 10.3. The van der Waals surface area contributed by atoms with Gasteiger partial charge >= 0.3 is 0 Å². The second kappa shape index (κ2) is 11.9. The molecule has 176 valence electrons. The van der Waals surface area contributed by atoms with Crippen LogP contribution in [0.2, 0.25) is 0 Å². The predicted octanol–water partition coefficient (Wildman–Crippen LogP) is 9.77. The average Bonchev–Trinajstić information content (AvgIpc) is 3.01. The lowest BCUT2D eigenvalue weighted by Gasteiger charge is -2.34. The summed E-state index contributed by atoms with van der Waals surface area (Å²) in [5, 5.41) is 0. The molecule has 2 aliphatic carbocycles. The minimum Gasteiger partial charge on any atom is -0.168 e. The Morgan fingerprint density at radius 2 is 1.58 bits per heavy atom. The van der Waals surface area contributed by atoms with Crippen LogP contribution in [0.25, 0.3) is 0 Å². The molecule has 0 heterocycles. The van der Waals surface area contributed by atoms with Gasteiger partial charge in [0.1, 0.15) is 0 Å². The molecule has 1 saturated carbocycles. The topological polar surface area (TPSA) is 0 Å². The number of hydrogen-bond donors (Lipinski definition) is 1. The predicted molar refractivity (Wildman–Crippen MR) is 149 cm³/mol. The molecule has 0 radical (unpaired) electrons. The Hall–Kier alpha value is -1.99. The molecule has 0 N–H and O–H groups in total. The van der Waals surface area contributed by atoms with Crippen LogP contribution in [0.4, 0.5) is 0 Å². The summed E-state index contributed by atoms with van der Waals surface area (Å²) in [6.07, 6.45) is 15.5. The van der Waals surface area contributed by atoms with Crippen LogP contribution in [-0.2, 0) is 4.75 Å². The van der Waals surface area contributed by atoms with E-state index in [1.165, 1.54) is 53.5 Å². The summed E-state index contributed by atoms with van der Waals surface area (Å²) in [6, 6.07) is 19.5. The van der Waals surface area contributed by atoms with Gasteiger partial charge in [0.15, 0.2) is 0 Å². The van der Waals surface area contributed by atoms with E-state index in [9.17, 15) is 0 Å². The van der Waals surface area contributed by atoms with E-state index >= 15 is 0 Å². The van der Waals surface area contributed by atoms with Gasteiger partial charge in [0, 0.05) is 10.7 Å². The molecule has 2 atom stereocenters. The quantitative estimate of drug-likeness (QED) is 0.409. The molecule has 2 unspecified atom stereocenters. The second-order valence-corrected chi connectivity index (χ2v) is 11.3. The van der Waals surface area contributed by atoms with E-state index in [0.717, 1.165) is 12.3 Å². The highest BCUT2D eigenvalue weighted by Gasteiger charge is 2.29. The Labute approximate surface area is 208 Å². The normalized spacial score (nSPS) is 18.8. The highest BCUT2D eigenvalue weighted by Crippen LogP contribution is 2.41. The third-order valence-corrected chi connectivity index (χ3v) is 7.73. The fourth-order valence-corrected chi connectivity index (χ4v) is 5.41. The van der Waals surface area contributed by atoms with Crippen molar-refractivity contribution in [3.63, 3.8) is 0 Å². The molecule has 0 amide bonds. The maximum atomic E-state index is 4.80. The number of allylic oxidation sites excluding steroid dienone is 6. The van der Waals surface area contributed by atoms with Crippen molar-refractivity contribution in [3.05, 3.63) is 107 Å². The van der Waals surface area contributed by atoms with E-state index in [1.807, 2.05) is 0 Å². The molecule has 2 aromatic carbocycles. The van der Waals surface area contributed by atoms with Crippen LogP contribution in [-0.4, -0.2) is 0 Å². The highest BCUT2D eigenvalue weighted by molar-refractivity contribution is 7.81. The molecule has 4 rings (SSSR count). The van der Waals surface area contributed by atoms with Crippen molar-refractivity contribution in [2.45, 2.75) is 83.3 Å². The summed E-state index contributed by atoms with van der Waals surface area (Å²) in [5.74, 6) is 1.94. The standard InChI is InChI=1S/C19H24.C13H18S/c1-14(2)17-11-8-9-13-19(17)16(4)18-12-7-5-6-10-15(18)3;1-13(14,10-11-6-5-7-11)12-8-3-2-4-9-12/h5,7-14,16H,6H2,1-4H3;2-4,8-9,11,14H,5-7,10H2,1H3. The Morgan fingerprint density at radius 3 is 2.18 bits per heavy atom. The number of thiol groups is 1. The first-order valence-electron chi connectivity index (χ1n) is 12.7. The lowest BCUT2D eigenvalue weighted by atomic mass is 9.77. The molecule has 1 heteroatoms. The van der Waals surface area contributed by atoms with Gasteiger partial charge in [-0.3, -0.25) is 0 Å². The van der Waals surface area contributed by atoms with Gasteiger partial charge in [0.05, 0.1) is 0 Å². The first-order valence-corrected chi connectivity index (χ1v) is 13.1. The largest absolute Gasteiger partial charge is 0.168 e. The summed E-state index contributed by atoms with van der Waals surface area (Å²) in [6.45, 7) is 11.3. The van der Waals surface area contributed by atoms with Crippen LogP contribution < -0.4 is 0 Å². The lowest BCUT2D eigenvalue weighted by molar-refractivity contribution is 0.271. The minimum absolute atomic E-state index is 0.0619. The van der Waals surface area contributed by atoms with E-state index in [0.29, 0.717) is 11.8 Å². The Morgan fingerprint density at radius 1 is 0.939 bits per heavy atom. The molecule has 0 bridgehead atoms. The molecule has 0 saturated heterocycles. The molecule has 0 spiro atoms. The minimum atomic E-state index is 0.0619. The molecule has 1 fully saturated rings. The summed E-state index contributed by atoms with van der Waals surface area (Å²) < 4.78 is 0.0619. The summed E-state index contributed by atoms with van der Waals surface area (Å²) >= 11 is 4.80. The van der Waals surface area contributed by atoms with Gasteiger partial charge in [-0.15, -0.1) is 0 Å². The van der Waals surface area contributed by atoms with Gasteiger partial charge in [-0.1, -0.05) is 125 Å². The molecule has 2 aromatic rings. The third-order valence-electron chi connectivity index (χ3n) is 7.28. The summed E-state index contributed by atoms with van der Waals surface area (Å²) in [7, 11) is 0. The maximum absolute atomic E-state index is 4.80. The molecule has 0 aromatic heterocycles. The van der Waals surface area contributed by atoms with Crippen LogP contribution in [0.5, 0.6) is 0 Å². The van der Waals surface area contributed by atoms with Crippen molar-refractivity contribution < 1.29 is 0 Å².